The molecular formula is C9H14NO+. The Labute approximate surface area is 67.4 Å². The second kappa shape index (κ2) is 3.37. The average molecular weight is 152 g/mol. The van der Waals surface area contributed by atoms with E-state index in [2.05, 4.69) is 18.4 Å². The van der Waals surface area contributed by atoms with Gasteiger partial charge in [0.25, 0.3) is 0 Å². The summed E-state index contributed by atoms with van der Waals surface area (Å²) in [7, 11) is 1.68. The Hall–Kier alpha value is -1.05. The summed E-state index contributed by atoms with van der Waals surface area (Å²) in [4.78, 5) is 0. The first-order valence-corrected chi connectivity index (χ1v) is 3.79. The standard InChI is InChI=1S/C9H14NO/c1-8(2)10-6-4-5-9(7-10)11-3/h4-8H,1-3H3/q+1. The zero-order valence-corrected chi connectivity index (χ0v) is 7.24. The molecule has 0 fully saturated rings. The van der Waals surface area contributed by atoms with Gasteiger partial charge >= 0.3 is 0 Å². The highest BCUT2D eigenvalue weighted by Crippen LogP contribution is 2.04. The first-order valence-electron chi connectivity index (χ1n) is 3.79. The van der Waals surface area contributed by atoms with Crippen LogP contribution in [0.1, 0.15) is 19.9 Å². The molecule has 1 aromatic rings. The van der Waals surface area contributed by atoms with Gasteiger partial charge in [0.15, 0.2) is 18.0 Å². The topological polar surface area (TPSA) is 13.1 Å². The van der Waals surface area contributed by atoms with Crippen LogP contribution < -0.4 is 9.30 Å². The van der Waals surface area contributed by atoms with Crippen molar-refractivity contribution in [3.63, 3.8) is 0 Å². The smallest absolute Gasteiger partial charge is 0.211 e. The lowest BCUT2D eigenvalue weighted by Crippen LogP contribution is -2.34. The molecule has 1 rings (SSSR count). The lowest BCUT2D eigenvalue weighted by atomic mass is 10.3. The Bertz CT molecular complexity index is 233. The Morgan fingerprint density at radius 2 is 2.18 bits per heavy atom. The zero-order valence-electron chi connectivity index (χ0n) is 7.24. The van der Waals surface area contributed by atoms with Gasteiger partial charge in [-0.2, -0.15) is 4.57 Å². The van der Waals surface area contributed by atoms with E-state index in [0.717, 1.165) is 5.75 Å². The van der Waals surface area contributed by atoms with Gasteiger partial charge in [0, 0.05) is 6.07 Å². The van der Waals surface area contributed by atoms with E-state index < -0.39 is 0 Å². The van der Waals surface area contributed by atoms with Gasteiger partial charge in [0.2, 0.25) is 6.20 Å². The van der Waals surface area contributed by atoms with E-state index in [1.807, 2.05) is 24.5 Å². The van der Waals surface area contributed by atoms with E-state index >= 15 is 0 Å². The maximum Gasteiger partial charge on any atom is 0.211 e. The second-order valence-corrected chi connectivity index (χ2v) is 2.78. The molecule has 0 bridgehead atoms. The SMILES string of the molecule is COc1ccc[n+](C(C)C)c1. The van der Waals surface area contributed by atoms with Gasteiger partial charge in [0.1, 0.15) is 0 Å². The molecule has 0 aliphatic carbocycles. The van der Waals surface area contributed by atoms with Gasteiger partial charge in [-0.15, -0.1) is 0 Å². The number of methoxy groups -OCH3 is 1. The van der Waals surface area contributed by atoms with Crippen molar-refractivity contribution in [2.24, 2.45) is 0 Å². The normalized spacial score (nSPS) is 10.2. The van der Waals surface area contributed by atoms with E-state index in [1.54, 1.807) is 7.11 Å². The number of aromatic nitrogens is 1. The van der Waals surface area contributed by atoms with Crippen molar-refractivity contribution in [2.75, 3.05) is 7.11 Å². The molecule has 0 atom stereocenters. The minimum Gasteiger partial charge on any atom is -0.491 e. The van der Waals surface area contributed by atoms with Crippen LogP contribution in [0.15, 0.2) is 24.5 Å². The molecule has 11 heavy (non-hydrogen) atoms. The Morgan fingerprint density at radius 1 is 1.45 bits per heavy atom. The molecule has 0 unspecified atom stereocenters. The number of ether oxygens (including phenoxy) is 1. The van der Waals surface area contributed by atoms with Gasteiger partial charge in [-0.3, -0.25) is 0 Å². The summed E-state index contributed by atoms with van der Waals surface area (Å²) in [6, 6.07) is 4.42. The predicted molar refractivity (Wildman–Crippen MR) is 43.6 cm³/mol. The fourth-order valence-corrected chi connectivity index (χ4v) is 0.912. The highest BCUT2D eigenvalue weighted by molar-refractivity contribution is 5.12. The molecule has 0 radical (unpaired) electrons. The summed E-state index contributed by atoms with van der Waals surface area (Å²) >= 11 is 0. The summed E-state index contributed by atoms with van der Waals surface area (Å²) in [6.07, 6.45) is 4.03. The van der Waals surface area contributed by atoms with Gasteiger partial charge in [-0.1, -0.05) is 0 Å². The third-order valence-electron chi connectivity index (χ3n) is 1.63. The molecule has 1 aromatic heterocycles. The van der Waals surface area contributed by atoms with Crippen LogP contribution in [0.25, 0.3) is 0 Å². The van der Waals surface area contributed by atoms with Crippen LogP contribution in [0.2, 0.25) is 0 Å². The number of rotatable bonds is 2. The summed E-state index contributed by atoms with van der Waals surface area (Å²) in [5.41, 5.74) is 0. The second-order valence-electron chi connectivity index (χ2n) is 2.78. The summed E-state index contributed by atoms with van der Waals surface area (Å²) < 4.78 is 7.19. The Morgan fingerprint density at radius 3 is 2.73 bits per heavy atom. The van der Waals surface area contributed by atoms with E-state index in [9.17, 15) is 0 Å². The molecule has 0 N–H and O–H groups in total. The first-order chi connectivity index (χ1) is 5.24. The summed E-state index contributed by atoms with van der Waals surface area (Å²) in [5, 5.41) is 0. The van der Waals surface area contributed by atoms with E-state index in [4.69, 9.17) is 4.74 Å². The van der Waals surface area contributed by atoms with Crippen LogP contribution >= 0.6 is 0 Å². The van der Waals surface area contributed by atoms with Gasteiger partial charge < -0.3 is 4.74 Å². The predicted octanol–water partition coefficient (Wildman–Crippen LogP) is 1.56. The molecule has 0 saturated heterocycles. The summed E-state index contributed by atoms with van der Waals surface area (Å²) in [5.74, 6) is 0.904. The van der Waals surface area contributed by atoms with Crippen LogP contribution in [0, 0.1) is 0 Å². The number of hydrogen-bond acceptors (Lipinski definition) is 1. The molecule has 2 heteroatoms. The molecule has 0 saturated carbocycles. The van der Waals surface area contributed by atoms with Crippen LogP contribution in [-0.2, 0) is 0 Å². The number of hydrogen-bond donors (Lipinski definition) is 0. The quantitative estimate of drug-likeness (QED) is 0.586. The fraction of sp³-hybridized carbons (Fsp3) is 0.444. The maximum atomic E-state index is 5.08. The van der Waals surface area contributed by atoms with Gasteiger partial charge in [0.05, 0.1) is 7.11 Å². The Balaban J connectivity index is 2.91. The molecule has 0 aliphatic heterocycles. The Kier molecular flexibility index (Phi) is 2.47. The first kappa shape index (κ1) is 8.05. The van der Waals surface area contributed by atoms with Gasteiger partial charge in [-0.05, 0) is 19.9 Å². The largest absolute Gasteiger partial charge is 0.491 e. The monoisotopic (exact) mass is 152 g/mol. The molecule has 0 spiro atoms. The molecular weight excluding hydrogens is 138 g/mol. The van der Waals surface area contributed by atoms with Crippen molar-refractivity contribution in [1.29, 1.82) is 0 Å². The molecule has 0 aromatic carbocycles. The highest BCUT2D eigenvalue weighted by Gasteiger charge is 2.05. The minimum atomic E-state index is 0.491. The number of nitrogens with zero attached hydrogens (tertiary/aromatic N) is 1. The zero-order chi connectivity index (χ0) is 8.27. The lowest BCUT2D eigenvalue weighted by Gasteiger charge is -2.01. The van der Waals surface area contributed by atoms with Crippen molar-refractivity contribution in [1.82, 2.24) is 0 Å². The van der Waals surface area contributed by atoms with E-state index in [-0.39, 0.29) is 0 Å². The third kappa shape index (κ3) is 1.93. The molecule has 0 aliphatic rings. The average Bonchev–Trinajstić information content (AvgIpc) is 2.05. The molecule has 0 amide bonds. The molecule has 2 nitrogen and oxygen atoms in total. The van der Waals surface area contributed by atoms with Crippen molar-refractivity contribution in [3.8, 4) is 5.75 Å². The highest BCUT2D eigenvalue weighted by atomic mass is 16.5. The molecule has 1 heterocycles. The van der Waals surface area contributed by atoms with Crippen LogP contribution in [0.3, 0.4) is 0 Å². The van der Waals surface area contributed by atoms with Crippen LogP contribution in [0.4, 0.5) is 0 Å². The maximum absolute atomic E-state index is 5.08. The third-order valence-corrected chi connectivity index (χ3v) is 1.63. The van der Waals surface area contributed by atoms with Gasteiger partial charge in [-0.25, -0.2) is 0 Å². The minimum absolute atomic E-state index is 0.491. The van der Waals surface area contributed by atoms with Crippen molar-refractivity contribution in [2.45, 2.75) is 19.9 Å². The van der Waals surface area contributed by atoms with E-state index in [1.165, 1.54) is 0 Å². The van der Waals surface area contributed by atoms with Crippen molar-refractivity contribution >= 4 is 0 Å². The molecule has 60 valence electrons. The van der Waals surface area contributed by atoms with Crippen molar-refractivity contribution in [3.05, 3.63) is 24.5 Å². The number of pyridine rings is 1. The lowest BCUT2D eigenvalue weighted by molar-refractivity contribution is -0.716. The van der Waals surface area contributed by atoms with Crippen LogP contribution in [-0.4, -0.2) is 7.11 Å². The summed E-state index contributed by atoms with van der Waals surface area (Å²) in [6.45, 7) is 4.28. The van der Waals surface area contributed by atoms with Crippen molar-refractivity contribution < 1.29 is 9.30 Å². The van der Waals surface area contributed by atoms with Crippen LogP contribution in [0.5, 0.6) is 5.75 Å². The fourth-order valence-electron chi connectivity index (χ4n) is 0.912. The van der Waals surface area contributed by atoms with E-state index in [0.29, 0.717) is 6.04 Å².